The maximum atomic E-state index is 13.7. The van der Waals surface area contributed by atoms with Crippen LogP contribution in [0.4, 0.5) is 10.1 Å². The van der Waals surface area contributed by atoms with E-state index >= 15 is 0 Å². The zero-order chi connectivity index (χ0) is 14.1. The highest BCUT2D eigenvalue weighted by molar-refractivity contribution is 9.10. The molecule has 0 aliphatic carbocycles. The number of amides is 1. The van der Waals surface area contributed by atoms with E-state index in [-0.39, 0.29) is 11.6 Å². The van der Waals surface area contributed by atoms with Gasteiger partial charge in [-0.3, -0.25) is 4.79 Å². The molecule has 0 aliphatic heterocycles. The molecule has 0 aliphatic rings. The molecule has 100 valence electrons. The van der Waals surface area contributed by atoms with Gasteiger partial charge in [-0.25, -0.2) is 4.39 Å². The monoisotopic (exact) mass is 332 g/mol. The largest absolute Gasteiger partial charge is 0.361 e. The molecule has 0 atom stereocenters. The highest BCUT2D eigenvalue weighted by Gasteiger charge is 2.13. The van der Waals surface area contributed by atoms with E-state index in [0.717, 1.165) is 10.9 Å². The van der Waals surface area contributed by atoms with Gasteiger partial charge < -0.3 is 10.3 Å². The summed E-state index contributed by atoms with van der Waals surface area (Å²) < 4.78 is 14.4. The first-order valence-electron chi connectivity index (χ1n) is 5.97. The predicted octanol–water partition coefficient (Wildman–Crippen LogP) is 4.32. The third-order valence-corrected chi connectivity index (χ3v) is 3.50. The van der Waals surface area contributed by atoms with Crippen LogP contribution in [0.1, 0.15) is 10.4 Å². The Morgan fingerprint density at radius 2 is 2.05 bits per heavy atom. The van der Waals surface area contributed by atoms with E-state index in [0.29, 0.717) is 10.0 Å². The number of carbonyl (C=O) groups excluding carboxylic acids is 1. The van der Waals surface area contributed by atoms with Crippen LogP contribution < -0.4 is 5.32 Å². The van der Waals surface area contributed by atoms with Crippen molar-refractivity contribution in [1.82, 2.24) is 4.98 Å². The maximum Gasteiger partial charge on any atom is 0.257 e. The molecule has 0 unspecified atom stereocenters. The summed E-state index contributed by atoms with van der Waals surface area (Å²) in [5, 5.41) is 3.52. The molecule has 2 N–H and O–H groups in total. The Morgan fingerprint density at radius 1 is 1.20 bits per heavy atom. The number of para-hydroxylation sites is 1. The molecule has 3 rings (SSSR count). The molecule has 1 aromatic heterocycles. The number of halogens is 2. The van der Waals surface area contributed by atoms with Gasteiger partial charge in [0.1, 0.15) is 5.82 Å². The van der Waals surface area contributed by atoms with Gasteiger partial charge in [-0.2, -0.15) is 0 Å². The second-order valence-electron chi connectivity index (χ2n) is 4.33. The van der Waals surface area contributed by atoms with E-state index in [1.165, 1.54) is 12.1 Å². The average Bonchev–Trinajstić information content (AvgIpc) is 2.90. The summed E-state index contributed by atoms with van der Waals surface area (Å²) in [4.78, 5) is 15.3. The molecule has 0 fully saturated rings. The van der Waals surface area contributed by atoms with Gasteiger partial charge in [0.2, 0.25) is 0 Å². The number of aromatic nitrogens is 1. The number of H-pyrrole nitrogens is 1. The summed E-state index contributed by atoms with van der Waals surface area (Å²) in [6.07, 6.45) is 1.77. The first-order chi connectivity index (χ1) is 9.65. The molecule has 3 aromatic rings. The quantitative estimate of drug-likeness (QED) is 0.721. The predicted molar refractivity (Wildman–Crippen MR) is 80.4 cm³/mol. The van der Waals surface area contributed by atoms with Crippen LogP contribution in [0.3, 0.4) is 0 Å². The number of aromatic amines is 1. The standard InChI is InChI=1S/C15H10BrFN2O/c16-10-4-5-13(12(17)8-10)19-15(20)11-3-1-2-9-6-7-18-14(9)11/h1-8,18H,(H,19,20). The number of fused-ring (bicyclic) bond motifs is 1. The normalized spacial score (nSPS) is 10.7. The summed E-state index contributed by atoms with van der Waals surface area (Å²) in [5.41, 5.74) is 1.37. The Balaban J connectivity index is 1.95. The Morgan fingerprint density at radius 3 is 2.85 bits per heavy atom. The summed E-state index contributed by atoms with van der Waals surface area (Å²) in [5.74, 6) is -0.828. The van der Waals surface area contributed by atoms with Crippen molar-refractivity contribution in [2.75, 3.05) is 5.32 Å². The van der Waals surface area contributed by atoms with Crippen molar-refractivity contribution in [3.05, 3.63) is 64.5 Å². The molecule has 20 heavy (non-hydrogen) atoms. The number of rotatable bonds is 2. The van der Waals surface area contributed by atoms with Crippen LogP contribution in [0.15, 0.2) is 53.1 Å². The Kier molecular flexibility index (Phi) is 3.28. The van der Waals surface area contributed by atoms with Gasteiger partial charge >= 0.3 is 0 Å². The van der Waals surface area contributed by atoms with Crippen molar-refractivity contribution in [3.63, 3.8) is 0 Å². The molecule has 0 saturated heterocycles. The fraction of sp³-hybridized carbons (Fsp3) is 0. The number of carbonyl (C=O) groups is 1. The SMILES string of the molecule is O=C(Nc1ccc(Br)cc1F)c1cccc2cc[nH]c12. The van der Waals surface area contributed by atoms with Crippen molar-refractivity contribution in [2.24, 2.45) is 0 Å². The van der Waals surface area contributed by atoms with E-state index in [1.54, 1.807) is 24.4 Å². The zero-order valence-electron chi connectivity index (χ0n) is 10.3. The molecule has 5 heteroatoms. The van der Waals surface area contributed by atoms with Crippen LogP contribution in [0.25, 0.3) is 10.9 Å². The van der Waals surface area contributed by atoms with Gasteiger partial charge in [-0.1, -0.05) is 28.1 Å². The highest BCUT2D eigenvalue weighted by atomic mass is 79.9. The minimum absolute atomic E-state index is 0.154. The summed E-state index contributed by atoms with van der Waals surface area (Å²) in [7, 11) is 0. The lowest BCUT2D eigenvalue weighted by Gasteiger charge is -2.07. The molecule has 0 spiro atoms. The molecule has 3 nitrogen and oxygen atoms in total. The minimum Gasteiger partial charge on any atom is -0.361 e. The van der Waals surface area contributed by atoms with E-state index in [4.69, 9.17) is 0 Å². The van der Waals surface area contributed by atoms with Crippen molar-refractivity contribution in [2.45, 2.75) is 0 Å². The van der Waals surface area contributed by atoms with Gasteiger partial charge in [0.25, 0.3) is 5.91 Å². The third-order valence-electron chi connectivity index (χ3n) is 3.01. The van der Waals surface area contributed by atoms with E-state index in [9.17, 15) is 9.18 Å². The maximum absolute atomic E-state index is 13.7. The number of benzene rings is 2. The molecule has 0 saturated carbocycles. The van der Waals surface area contributed by atoms with Crippen molar-refractivity contribution in [3.8, 4) is 0 Å². The Bertz CT molecular complexity index is 797. The number of nitrogens with one attached hydrogen (secondary N) is 2. The second-order valence-corrected chi connectivity index (χ2v) is 5.24. The molecular formula is C15H10BrFN2O. The summed E-state index contributed by atoms with van der Waals surface area (Å²) in [6.45, 7) is 0. The van der Waals surface area contributed by atoms with Gasteiger partial charge in [-0.05, 0) is 30.3 Å². The van der Waals surface area contributed by atoms with E-state index < -0.39 is 5.82 Å². The van der Waals surface area contributed by atoms with Crippen molar-refractivity contribution < 1.29 is 9.18 Å². The highest BCUT2D eigenvalue weighted by Crippen LogP contribution is 2.22. The van der Waals surface area contributed by atoms with Crippen LogP contribution >= 0.6 is 15.9 Å². The van der Waals surface area contributed by atoms with Crippen LogP contribution in [-0.2, 0) is 0 Å². The lowest BCUT2D eigenvalue weighted by atomic mass is 10.1. The Labute approximate surface area is 122 Å². The molecule has 2 aromatic carbocycles. The molecule has 0 radical (unpaired) electrons. The van der Waals surface area contributed by atoms with Gasteiger partial charge in [0.15, 0.2) is 0 Å². The molecule has 0 bridgehead atoms. The molecular weight excluding hydrogens is 323 g/mol. The number of hydrogen-bond acceptors (Lipinski definition) is 1. The number of anilines is 1. The Hall–Kier alpha value is -2.14. The lowest BCUT2D eigenvalue weighted by Crippen LogP contribution is -2.13. The molecule has 1 amide bonds. The topological polar surface area (TPSA) is 44.9 Å². The average molecular weight is 333 g/mol. The van der Waals surface area contributed by atoms with Gasteiger partial charge in [0, 0.05) is 16.1 Å². The van der Waals surface area contributed by atoms with Crippen LogP contribution in [0.5, 0.6) is 0 Å². The van der Waals surface area contributed by atoms with E-state index in [1.807, 2.05) is 12.1 Å². The third kappa shape index (κ3) is 2.32. The van der Waals surface area contributed by atoms with Crippen molar-refractivity contribution >= 4 is 38.4 Å². The van der Waals surface area contributed by atoms with Crippen LogP contribution in [0, 0.1) is 5.82 Å². The second kappa shape index (κ2) is 5.09. The fourth-order valence-corrected chi connectivity index (χ4v) is 2.39. The summed E-state index contributed by atoms with van der Waals surface area (Å²) in [6, 6.07) is 11.8. The number of hydrogen-bond donors (Lipinski definition) is 2. The fourth-order valence-electron chi connectivity index (χ4n) is 2.05. The van der Waals surface area contributed by atoms with Gasteiger partial charge in [-0.15, -0.1) is 0 Å². The minimum atomic E-state index is -0.480. The smallest absolute Gasteiger partial charge is 0.257 e. The van der Waals surface area contributed by atoms with Crippen LogP contribution in [0.2, 0.25) is 0 Å². The molecule has 1 heterocycles. The lowest BCUT2D eigenvalue weighted by molar-refractivity contribution is 0.102. The van der Waals surface area contributed by atoms with Crippen LogP contribution in [-0.4, -0.2) is 10.9 Å². The van der Waals surface area contributed by atoms with Crippen molar-refractivity contribution in [1.29, 1.82) is 0 Å². The first kappa shape index (κ1) is 12.9. The zero-order valence-corrected chi connectivity index (χ0v) is 11.9. The van der Waals surface area contributed by atoms with E-state index in [2.05, 4.69) is 26.2 Å². The summed E-state index contributed by atoms with van der Waals surface area (Å²) >= 11 is 3.18. The first-order valence-corrected chi connectivity index (χ1v) is 6.77. The van der Waals surface area contributed by atoms with Gasteiger partial charge in [0.05, 0.1) is 16.8 Å².